The van der Waals surface area contributed by atoms with Gasteiger partial charge in [-0.15, -0.1) is 0 Å². The second-order valence-corrected chi connectivity index (χ2v) is 5.97. The number of nitrogens with zero attached hydrogens (tertiary/aromatic N) is 1. The van der Waals surface area contributed by atoms with E-state index in [0.29, 0.717) is 0 Å². The van der Waals surface area contributed by atoms with Gasteiger partial charge >= 0.3 is 5.97 Å². The Balaban J connectivity index is 2.88. The van der Waals surface area contributed by atoms with Gasteiger partial charge in [-0.25, -0.2) is 9.78 Å². The summed E-state index contributed by atoms with van der Waals surface area (Å²) in [5.74, 6) is -2.01. The third-order valence-corrected chi connectivity index (χ3v) is 3.04. The van der Waals surface area contributed by atoms with Gasteiger partial charge < -0.3 is 5.11 Å². The summed E-state index contributed by atoms with van der Waals surface area (Å²) in [6.45, 7) is 1.50. The number of aryl methyl sites for hydroxylation is 1. The molecule has 0 atom stereocenters. The molecule has 0 saturated heterocycles. The van der Waals surface area contributed by atoms with Crippen LogP contribution in [0.5, 0.6) is 0 Å². The van der Waals surface area contributed by atoms with E-state index in [1.807, 2.05) is 0 Å². The van der Waals surface area contributed by atoms with E-state index in [1.165, 1.54) is 6.92 Å². The molecule has 5 nitrogen and oxygen atoms in total. The molecule has 0 fully saturated rings. The van der Waals surface area contributed by atoms with Crippen molar-refractivity contribution in [3.63, 3.8) is 0 Å². The first-order chi connectivity index (χ1) is 7.21. The number of alkyl halides is 3. The van der Waals surface area contributed by atoms with Gasteiger partial charge in [0.2, 0.25) is 0 Å². The second-order valence-electron chi connectivity index (χ2n) is 2.69. The van der Waals surface area contributed by atoms with Crippen molar-refractivity contribution in [2.45, 2.75) is 10.7 Å². The Hall–Kier alpha value is -0.560. The molecule has 88 valence electrons. The Labute approximate surface area is 109 Å². The van der Waals surface area contributed by atoms with Gasteiger partial charge in [0, 0.05) is 0 Å². The Morgan fingerprint density at radius 2 is 2.00 bits per heavy atom. The van der Waals surface area contributed by atoms with Gasteiger partial charge in [0.15, 0.2) is 5.13 Å². The Kier molecular flexibility index (Phi) is 4.01. The van der Waals surface area contributed by atoms with Gasteiger partial charge in [0.05, 0.1) is 5.69 Å². The molecule has 1 amide bonds. The summed E-state index contributed by atoms with van der Waals surface area (Å²) < 4.78 is -2.11. The minimum atomic E-state index is -2.11. The maximum Gasteiger partial charge on any atom is 0.347 e. The number of carbonyl (C=O) groups excluding carboxylic acids is 1. The quantitative estimate of drug-likeness (QED) is 0.823. The minimum absolute atomic E-state index is 0.0274. The molecule has 2 N–H and O–H groups in total. The number of thiazole rings is 1. The molecule has 1 rings (SSSR count). The zero-order chi connectivity index (χ0) is 12.5. The van der Waals surface area contributed by atoms with Crippen LogP contribution in [0.25, 0.3) is 0 Å². The van der Waals surface area contributed by atoms with Crippen LogP contribution in [-0.4, -0.2) is 25.8 Å². The first kappa shape index (κ1) is 13.5. The molecule has 0 radical (unpaired) electrons. The normalized spacial score (nSPS) is 11.2. The van der Waals surface area contributed by atoms with Crippen LogP contribution in [0.4, 0.5) is 5.13 Å². The molecule has 16 heavy (non-hydrogen) atoms. The highest BCUT2D eigenvalue weighted by Crippen LogP contribution is 2.29. The summed E-state index contributed by atoms with van der Waals surface area (Å²) >= 11 is 16.8. The first-order valence-electron chi connectivity index (χ1n) is 3.80. The van der Waals surface area contributed by atoms with Crippen LogP contribution in [0.1, 0.15) is 15.4 Å². The fourth-order valence-electron chi connectivity index (χ4n) is 0.816. The molecule has 0 aliphatic heterocycles. The summed E-state index contributed by atoms with van der Waals surface area (Å²) in [6.07, 6.45) is 0. The minimum Gasteiger partial charge on any atom is -0.477 e. The van der Waals surface area contributed by atoms with Crippen LogP contribution < -0.4 is 5.32 Å². The largest absolute Gasteiger partial charge is 0.477 e. The second kappa shape index (κ2) is 4.75. The molecule has 0 spiro atoms. The number of aromatic nitrogens is 1. The maximum atomic E-state index is 11.2. The van der Waals surface area contributed by atoms with Gasteiger partial charge in [0.25, 0.3) is 9.70 Å². The van der Waals surface area contributed by atoms with Crippen LogP contribution in [-0.2, 0) is 4.79 Å². The lowest BCUT2D eigenvalue weighted by atomic mass is 10.4. The zero-order valence-corrected chi connectivity index (χ0v) is 10.8. The van der Waals surface area contributed by atoms with Gasteiger partial charge in [-0.05, 0) is 6.92 Å². The van der Waals surface area contributed by atoms with Crippen molar-refractivity contribution in [1.82, 2.24) is 4.98 Å². The molecule has 0 unspecified atom stereocenters. The molecule has 0 bridgehead atoms. The van der Waals surface area contributed by atoms with Crippen molar-refractivity contribution in [1.29, 1.82) is 0 Å². The van der Waals surface area contributed by atoms with E-state index >= 15 is 0 Å². The van der Waals surface area contributed by atoms with Gasteiger partial charge in [-0.2, -0.15) is 0 Å². The van der Waals surface area contributed by atoms with Crippen molar-refractivity contribution >= 4 is 63.1 Å². The number of hydrogen-bond acceptors (Lipinski definition) is 4. The number of anilines is 1. The van der Waals surface area contributed by atoms with E-state index in [1.54, 1.807) is 0 Å². The van der Waals surface area contributed by atoms with Crippen LogP contribution in [0.15, 0.2) is 0 Å². The van der Waals surface area contributed by atoms with Crippen molar-refractivity contribution in [3.8, 4) is 0 Å². The highest BCUT2D eigenvalue weighted by Gasteiger charge is 2.31. The average molecular weight is 304 g/mol. The number of amides is 1. The van der Waals surface area contributed by atoms with Crippen LogP contribution in [0, 0.1) is 6.92 Å². The number of carboxylic acids is 1. The van der Waals surface area contributed by atoms with E-state index in [2.05, 4.69) is 10.3 Å². The molecule has 1 heterocycles. The number of hydrogen-bond donors (Lipinski definition) is 2. The van der Waals surface area contributed by atoms with Gasteiger partial charge in [-0.3, -0.25) is 10.1 Å². The molecule has 0 saturated carbocycles. The standard InChI is InChI=1S/C7H5Cl3N2O3S/c1-2-3(4(13)14)16-6(11-2)12-5(15)7(8,9)10/h1H3,(H,13,14)(H,11,12,15). The molecule has 0 aromatic carbocycles. The zero-order valence-electron chi connectivity index (χ0n) is 7.75. The summed E-state index contributed by atoms with van der Waals surface area (Å²) in [7, 11) is 0. The topological polar surface area (TPSA) is 79.3 Å². The fraction of sp³-hybridized carbons (Fsp3) is 0.286. The third-order valence-electron chi connectivity index (χ3n) is 1.47. The lowest BCUT2D eigenvalue weighted by molar-refractivity contribution is -0.115. The predicted octanol–water partition coefficient (Wildman–Crippen LogP) is 2.46. The molecule has 0 aliphatic rings. The number of aromatic carboxylic acids is 1. The first-order valence-corrected chi connectivity index (χ1v) is 5.75. The van der Waals surface area contributed by atoms with E-state index in [-0.39, 0.29) is 15.7 Å². The smallest absolute Gasteiger partial charge is 0.347 e. The van der Waals surface area contributed by atoms with Crippen molar-refractivity contribution in [2.75, 3.05) is 5.32 Å². The monoisotopic (exact) mass is 302 g/mol. The fourth-order valence-corrected chi connectivity index (χ4v) is 1.76. The molecule has 1 aromatic rings. The summed E-state index contributed by atoms with van der Waals surface area (Å²) in [6, 6.07) is 0. The number of carboxylic acid groups (broad SMARTS) is 1. The van der Waals surface area contributed by atoms with Crippen molar-refractivity contribution in [3.05, 3.63) is 10.6 Å². The lowest BCUT2D eigenvalue weighted by Crippen LogP contribution is -2.26. The van der Waals surface area contributed by atoms with Crippen LogP contribution in [0.2, 0.25) is 0 Å². The third kappa shape index (κ3) is 3.21. The van der Waals surface area contributed by atoms with E-state index in [9.17, 15) is 9.59 Å². The SMILES string of the molecule is Cc1nc(NC(=O)C(Cl)(Cl)Cl)sc1C(=O)O. The number of rotatable bonds is 2. The lowest BCUT2D eigenvalue weighted by Gasteiger charge is -2.08. The van der Waals surface area contributed by atoms with E-state index < -0.39 is 15.7 Å². The molecular weight excluding hydrogens is 299 g/mol. The summed E-state index contributed by atoms with van der Waals surface area (Å²) in [5.41, 5.74) is 0.289. The molecule has 1 aromatic heterocycles. The van der Waals surface area contributed by atoms with E-state index in [4.69, 9.17) is 39.9 Å². The van der Waals surface area contributed by atoms with Crippen LogP contribution in [0.3, 0.4) is 0 Å². The molecular formula is C7H5Cl3N2O3S. The van der Waals surface area contributed by atoms with Crippen LogP contribution >= 0.6 is 46.1 Å². The summed E-state index contributed by atoms with van der Waals surface area (Å²) in [5, 5.41) is 11.0. The summed E-state index contributed by atoms with van der Waals surface area (Å²) in [4.78, 5) is 25.8. The van der Waals surface area contributed by atoms with Crippen molar-refractivity contribution in [2.24, 2.45) is 0 Å². The number of nitrogens with one attached hydrogen (secondary N) is 1. The Morgan fingerprint density at radius 3 is 2.38 bits per heavy atom. The average Bonchev–Trinajstić information content (AvgIpc) is 2.45. The van der Waals surface area contributed by atoms with Gasteiger partial charge in [-0.1, -0.05) is 46.1 Å². The number of halogens is 3. The molecule has 0 aliphatic carbocycles. The van der Waals surface area contributed by atoms with Gasteiger partial charge in [0.1, 0.15) is 4.88 Å². The Bertz CT molecular complexity index is 441. The highest BCUT2D eigenvalue weighted by molar-refractivity contribution is 7.17. The predicted molar refractivity (Wildman–Crippen MR) is 62.7 cm³/mol. The van der Waals surface area contributed by atoms with Crippen molar-refractivity contribution < 1.29 is 14.7 Å². The Morgan fingerprint density at radius 1 is 1.44 bits per heavy atom. The molecule has 9 heteroatoms. The number of carbonyl (C=O) groups is 2. The van der Waals surface area contributed by atoms with E-state index in [0.717, 1.165) is 11.3 Å². The highest BCUT2D eigenvalue weighted by atomic mass is 35.6. The maximum absolute atomic E-state index is 11.2.